The van der Waals surface area contributed by atoms with Crippen molar-refractivity contribution in [1.82, 2.24) is 10.3 Å². The highest BCUT2D eigenvalue weighted by molar-refractivity contribution is 7.14. The molecule has 0 saturated carbocycles. The van der Waals surface area contributed by atoms with Crippen LogP contribution >= 0.6 is 11.3 Å². The van der Waals surface area contributed by atoms with Gasteiger partial charge in [0.15, 0.2) is 5.13 Å². The van der Waals surface area contributed by atoms with Crippen molar-refractivity contribution >= 4 is 28.3 Å². The molecule has 0 atom stereocenters. The highest BCUT2D eigenvalue weighted by Gasteiger charge is 2.13. The molecule has 18 heavy (non-hydrogen) atoms. The molecule has 0 unspecified atom stereocenters. The van der Waals surface area contributed by atoms with E-state index in [-0.39, 0.29) is 12.3 Å². The molecular weight excluding hydrogens is 254 g/mol. The average molecular weight is 271 g/mol. The van der Waals surface area contributed by atoms with Gasteiger partial charge in [0, 0.05) is 31.9 Å². The molecule has 100 valence electrons. The lowest BCUT2D eigenvalue weighted by molar-refractivity contribution is -0.136. The lowest BCUT2D eigenvalue weighted by atomic mass is 10.4. The average Bonchev–Trinajstić information content (AvgIpc) is 2.73. The first-order valence-electron chi connectivity index (χ1n) is 5.69. The fourth-order valence-corrected chi connectivity index (χ4v) is 2.34. The van der Waals surface area contributed by atoms with Crippen molar-refractivity contribution in [3.8, 4) is 0 Å². The van der Waals surface area contributed by atoms with Crippen molar-refractivity contribution in [3.05, 3.63) is 11.1 Å². The molecule has 1 heterocycles. The molecule has 6 nitrogen and oxygen atoms in total. The van der Waals surface area contributed by atoms with Gasteiger partial charge in [-0.25, -0.2) is 4.98 Å². The number of nitrogens with one attached hydrogen (secondary N) is 1. The molecule has 0 aliphatic rings. The predicted octanol–water partition coefficient (Wildman–Crippen LogP) is 1.08. The van der Waals surface area contributed by atoms with Crippen molar-refractivity contribution in [3.63, 3.8) is 0 Å². The normalized spacial score (nSPS) is 10.3. The minimum atomic E-state index is -0.824. The van der Waals surface area contributed by atoms with Crippen LogP contribution in [0, 0.1) is 0 Å². The summed E-state index contributed by atoms with van der Waals surface area (Å²) < 4.78 is 0. The molecule has 2 N–H and O–H groups in total. The fourth-order valence-electron chi connectivity index (χ4n) is 1.41. The SMILES string of the molecule is CCN(C(C)=O)c1nc(CNCCC(=O)O)cs1. The molecule has 0 aliphatic carbocycles. The molecule has 0 aliphatic heterocycles. The summed E-state index contributed by atoms with van der Waals surface area (Å²) in [6.45, 7) is 4.92. The van der Waals surface area contributed by atoms with Gasteiger partial charge in [-0.1, -0.05) is 0 Å². The summed E-state index contributed by atoms with van der Waals surface area (Å²) >= 11 is 1.41. The lowest BCUT2D eigenvalue weighted by Gasteiger charge is -2.14. The number of amides is 1. The summed E-state index contributed by atoms with van der Waals surface area (Å²) in [4.78, 5) is 27.6. The molecule has 0 spiro atoms. The monoisotopic (exact) mass is 271 g/mol. The molecule has 1 amide bonds. The standard InChI is InChI=1S/C11H17N3O3S/c1-3-14(8(2)15)11-13-9(7-18-11)6-12-5-4-10(16)17/h7,12H,3-6H2,1-2H3,(H,16,17). The van der Waals surface area contributed by atoms with E-state index in [0.717, 1.165) is 5.69 Å². The molecule has 7 heteroatoms. The summed E-state index contributed by atoms with van der Waals surface area (Å²) in [6, 6.07) is 0. The van der Waals surface area contributed by atoms with Gasteiger partial charge in [0.2, 0.25) is 5.91 Å². The second-order valence-corrected chi connectivity index (χ2v) is 4.54. The second-order valence-electron chi connectivity index (χ2n) is 3.71. The number of hydrogen-bond donors (Lipinski definition) is 2. The minimum Gasteiger partial charge on any atom is -0.481 e. The maximum Gasteiger partial charge on any atom is 0.304 e. The Labute approximate surface area is 110 Å². The first-order valence-corrected chi connectivity index (χ1v) is 6.57. The Bertz CT molecular complexity index is 419. The maximum absolute atomic E-state index is 11.3. The number of hydrogen-bond acceptors (Lipinski definition) is 5. The van der Waals surface area contributed by atoms with Crippen LogP contribution in [-0.4, -0.2) is 35.1 Å². The molecule has 1 rings (SSSR count). The number of carboxylic acids is 1. The first-order chi connectivity index (χ1) is 8.54. The number of nitrogens with zero attached hydrogens (tertiary/aromatic N) is 2. The van der Waals surface area contributed by atoms with Gasteiger partial charge in [-0.3, -0.25) is 14.5 Å². The van der Waals surface area contributed by atoms with E-state index >= 15 is 0 Å². The third-order valence-corrected chi connectivity index (χ3v) is 3.20. The zero-order chi connectivity index (χ0) is 13.5. The Morgan fingerprint density at radius 2 is 2.28 bits per heavy atom. The van der Waals surface area contributed by atoms with Crippen LogP contribution in [-0.2, 0) is 16.1 Å². The van der Waals surface area contributed by atoms with Gasteiger partial charge in [-0.15, -0.1) is 11.3 Å². The highest BCUT2D eigenvalue weighted by atomic mass is 32.1. The molecule has 0 fully saturated rings. The van der Waals surface area contributed by atoms with Crippen LogP contribution in [0.2, 0.25) is 0 Å². The topological polar surface area (TPSA) is 82.5 Å². The summed E-state index contributed by atoms with van der Waals surface area (Å²) in [5.74, 6) is -0.854. The zero-order valence-electron chi connectivity index (χ0n) is 10.5. The van der Waals surface area contributed by atoms with Crippen LogP contribution in [0.3, 0.4) is 0 Å². The van der Waals surface area contributed by atoms with E-state index in [0.29, 0.717) is 24.8 Å². The second kappa shape index (κ2) is 7.07. The van der Waals surface area contributed by atoms with Gasteiger partial charge in [0.25, 0.3) is 0 Å². The Hall–Kier alpha value is -1.47. The van der Waals surface area contributed by atoms with E-state index in [1.165, 1.54) is 18.3 Å². The van der Waals surface area contributed by atoms with Gasteiger partial charge >= 0.3 is 5.97 Å². The van der Waals surface area contributed by atoms with Crippen molar-refractivity contribution < 1.29 is 14.7 Å². The largest absolute Gasteiger partial charge is 0.481 e. The van der Waals surface area contributed by atoms with E-state index in [2.05, 4.69) is 10.3 Å². The van der Waals surface area contributed by atoms with E-state index in [1.54, 1.807) is 4.90 Å². The van der Waals surface area contributed by atoms with Gasteiger partial charge in [-0.05, 0) is 6.92 Å². The number of carboxylic acid groups (broad SMARTS) is 1. The van der Waals surface area contributed by atoms with Crippen LogP contribution in [0.25, 0.3) is 0 Å². The Morgan fingerprint density at radius 3 is 2.83 bits per heavy atom. The van der Waals surface area contributed by atoms with Crippen molar-refractivity contribution in [2.24, 2.45) is 0 Å². The number of carbonyl (C=O) groups is 2. The summed E-state index contributed by atoms with van der Waals surface area (Å²) in [6.07, 6.45) is 0.0888. The number of carbonyl (C=O) groups excluding carboxylic acids is 1. The Morgan fingerprint density at radius 1 is 1.56 bits per heavy atom. The molecule has 0 radical (unpaired) electrons. The van der Waals surface area contributed by atoms with Gasteiger partial charge in [0.1, 0.15) is 0 Å². The number of aliphatic carboxylic acids is 1. The van der Waals surface area contributed by atoms with Gasteiger partial charge in [0.05, 0.1) is 12.1 Å². The third-order valence-electron chi connectivity index (χ3n) is 2.29. The first kappa shape index (κ1) is 14.6. The summed E-state index contributed by atoms with van der Waals surface area (Å²) in [5.41, 5.74) is 0.820. The van der Waals surface area contributed by atoms with Crippen molar-refractivity contribution in [2.45, 2.75) is 26.8 Å². The molecule has 0 saturated heterocycles. The van der Waals surface area contributed by atoms with Crippen LogP contribution < -0.4 is 10.2 Å². The number of anilines is 1. The molecule has 1 aromatic rings. The van der Waals surface area contributed by atoms with E-state index in [1.807, 2.05) is 12.3 Å². The molecule has 0 aromatic carbocycles. The zero-order valence-corrected chi connectivity index (χ0v) is 11.3. The van der Waals surface area contributed by atoms with Gasteiger partial charge < -0.3 is 10.4 Å². The Kier molecular flexibility index (Phi) is 5.73. The molecule has 0 bridgehead atoms. The van der Waals surface area contributed by atoms with Crippen molar-refractivity contribution in [2.75, 3.05) is 18.0 Å². The van der Waals surface area contributed by atoms with Crippen LogP contribution in [0.15, 0.2) is 5.38 Å². The Balaban J connectivity index is 2.47. The number of thiazole rings is 1. The van der Waals surface area contributed by atoms with Crippen LogP contribution in [0.5, 0.6) is 0 Å². The van der Waals surface area contributed by atoms with Crippen LogP contribution in [0.1, 0.15) is 26.0 Å². The smallest absolute Gasteiger partial charge is 0.304 e. The minimum absolute atomic E-state index is 0.0303. The lowest BCUT2D eigenvalue weighted by Crippen LogP contribution is -2.27. The van der Waals surface area contributed by atoms with E-state index in [4.69, 9.17) is 5.11 Å². The van der Waals surface area contributed by atoms with Crippen LogP contribution in [0.4, 0.5) is 5.13 Å². The van der Waals surface area contributed by atoms with Gasteiger partial charge in [-0.2, -0.15) is 0 Å². The number of rotatable bonds is 7. The number of aromatic nitrogens is 1. The molecule has 1 aromatic heterocycles. The third kappa shape index (κ3) is 4.42. The predicted molar refractivity (Wildman–Crippen MR) is 69.8 cm³/mol. The quantitative estimate of drug-likeness (QED) is 0.725. The summed E-state index contributed by atoms with van der Waals surface area (Å²) in [5, 5.41) is 14.0. The molecular formula is C11H17N3O3S. The van der Waals surface area contributed by atoms with E-state index < -0.39 is 5.97 Å². The van der Waals surface area contributed by atoms with Crippen molar-refractivity contribution in [1.29, 1.82) is 0 Å². The summed E-state index contributed by atoms with van der Waals surface area (Å²) in [7, 11) is 0. The van der Waals surface area contributed by atoms with E-state index in [9.17, 15) is 9.59 Å². The maximum atomic E-state index is 11.3. The highest BCUT2D eigenvalue weighted by Crippen LogP contribution is 2.20. The fraction of sp³-hybridized carbons (Fsp3) is 0.545.